The predicted molar refractivity (Wildman–Crippen MR) is 67.2 cm³/mol. The number of nitrogens with zero attached hydrogens (tertiary/aromatic N) is 3. The summed E-state index contributed by atoms with van der Waals surface area (Å²) in [6, 6.07) is 1.97. The number of non-ortho nitro benzene ring substituents is 1. The van der Waals surface area contributed by atoms with Crippen LogP contribution in [0, 0.1) is 10.1 Å². The van der Waals surface area contributed by atoms with Crippen LogP contribution in [0.15, 0.2) is 24.5 Å². The first kappa shape index (κ1) is 13.3. The SMILES string of the molecule is O=C(O)c1cc([N+](=O)[O-])cc(Cl)c1-n1cc(Cl)cn1. The molecule has 0 saturated heterocycles. The van der Waals surface area contributed by atoms with Gasteiger partial charge in [-0.2, -0.15) is 5.10 Å². The minimum absolute atomic E-state index is 0.0201. The van der Waals surface area contributed by atoms with Crippen molar-refractivity contribution in [2.45, 2.75) is 0 Å². The Labute approximate surface area is 116 Å². The van der Waals surface area contributed by atoms with Crippen LogP contribution < -0.4 is 0 Å². The van der Waals surface area contributed by atoms with Gasteiger partial charge in [-0.3, -0.25) is 10.1 Å². The second-order valence-corrected chi connectivity index (χ2v) is 4.33. The van der Waals surface area contributed by atoms with Gasteiger partial charge >= 0.3 is 5.97 Å². The number of carboxylic acids is 1. The van der Waals surface area contributed by atoms with Crippen LogP contribution in [-0.2, 0) is 0 Å². The molecule has 2 aromatic rings. The molecule has 0 amide bonds. The number of carbonyl (C=O) groups is 1. The largest absolute Gasteiger partial charge is 0.478 e. The molecule has 0 aliphatic heterocycles. The van der Waals surface area contributed by atoms with E-state index in [0.29, 0.717) is 0 Å². The molecule has 0 fully saturated rings. The number of carboxylic acid groups (broad SMARTS) is 1. The van der Waals surface area contributed by atoms with E-state index in [0.717, 1.165) is 16.8 Å². The molecule has 0 aliphatic rings. The third kappa shape index (κ3) is 2.51. The predicted octanol–water partition coefficient (Wildman–Crippen LogP) is 2.79. The molecule has 19 heavy (non-hydrogen) atoms. The molecular weight excluding hydrogens is 297 g/mol. The lowest BCUT2D eigenvalue weighted by Crippen LogP contribution is -2.07. The van der Waals surface area contributed by atoms with Crippen molar-refractivity contribution >= 4 is 34.9 Å². The molecule has 1 N–H and O–H groups in total. The molecule has 0 saturated carbocycles. The van der Waals surface area contributed by atoms with E-state index in [4.69, 9.17) is 28.3 Å². The highest BCUT2D eigenvalue weighted by Gasteiger charge is 2.21. The standard InChI is InChI=1S/C10H5Cl2N3O4/c11-5-3-13-14(4-5)9-7(10(16)17)1-6(15(18)19)2-8(9)12/h1-4H,(H,16,17). The van der Waals surface area contributed by atoms with Gasteiger partial charge in [-0.1, -0.05) is 23.2 Å². The van der Waals surface area contributed by atoms with Crippen LogP contribution in [0.4, 0.5) is 5.69 Å². The number of aromatic nitrogens is 2. The molecule has 0 radical (unpaired) electrons. The molecule has 9 heteroatoms. The van der Waals surface area contributed by atoms with E-state index in [1.54, 1.807) is 0 Å². The van der Waals surface area contributed by atoms with Gasteiger partial charge in [0.25, 0.3) is 5.69 Å². The first-order valence-electron chi connectivity index (χ1n) is 4.82. The fraction of sp³-hybridized carbons (Fsp3) is 0. The molecule has 0 aliphatic carbocycles. The summed E-state index contributed by atoms with van der Waals surface area (Å²) in [5.41, 5.74) is -0.727. The average Bonchev–Trinajstić information content (AvgIpc) is 2.74. The monoisotopic (exact) mass is 301 g/mol. The zero-order valence-corrected chi connectivity index (χ0v) is 10.6. The molecule has 0 bridgehead atoms. The lowest BCUT2D eigenvalue weighted by molar-refractivity contribution is -0.384. The fourth-order valence-corrected chi connectivity index (χ4v) is 1.95. The second kappa shape index (κ2) is 4.87. The lowest BCUT2D eigenvalue weighted by atomic mass is 10.1. The molecule has 0 unspecified atom stereocenters. The Morgan fingerprint density at radius 3 is 2.58 bits per heavy atom. The maximum atomic E-state index is 11.2. The highest BCUT2D eigenvalue weighted by Crippen LogP contribution is 2.30. The van der Waals surface area contributed by atoms with Crippen LogP contribution in [0.1, 0.15) is 10.4 Å². The highest BCUT2D eigenvalue weighted by atomic mass is 35.5. The second-order valence-electron chi connectivity index (χ2n) is 3.49. The van der Waals surface area contributed by atoms with E-state index >= 15 is 0 Å². The molecule has 7 nitrogen and oxygen atoms in total. The zero-order chi connectivity index (χ0) is 14.2. The Kier molecular flexibility index (Phi) is 3.41. The minimum Gasteiger partial charge on any atom is -0.478 e. The van der Waals surface area contributed by atoms with Crippen LogP contribution in [-0.4, -0.2) is 25.8 Å². The lowest BCUT2D eigenvalue weighted by Gasteiger charge is -2.08. The summed E-state index contributed by atoms with van der Waals surface area (Å²) >= 11 is 11.6. The van der Waals surface area contributed by atoms with Crippen molar-refractivity contribution < 1.29 is 14.8 Å². The first-order chi connectivity index (χ1) is 8.90. The van der Waals surface area contributed by atoms with E-state index in [1.807, 2.05) is 0 Å². The number of nitro groups is 1. The van der Waals surface area contributed by atoms with Gasteiger partial charge in [-0.05, 0) is 0 Å². The number of benzene rings is 1. The van der Waals surface area contributed by atoms with Crippen LogP contribution >= 0.6 is 23.2 Å². The highest BCUT2D eigenvalue weighted by molar-refractivity contribution is 6.33. The third-order valence-electron chi connectivity index (χ3n) is 2.27. The topological polar surface area (TPSA) is 98.3 Å². The van der Waals surface area contributed by atoms with E-state index in [2.05, 4.69) is 5.10 Å². The Morgan fingerprint density at radius 1 is 1.42 bits per heavy atom. The van der Waals surface area contributed by atoms with Crippen molar-refractivity contribution in [1.29, 1.82) is 0 Å². The molecule has 98 valence electrons. The smallest absolute Gasteiger partial charge is 0.338 e. The van der Waals surface area contributed by atoms with E-state index < -0.39 is 16.6 Å². The van der Waals surface area contributed by atoms with E-state index in [-0.39, 0.29) is 21.3 Å². The maximum Gasteiger partial charge on any atom is 0.338 e. The van der Waals surface area contributed by atoms with Gasteiger partial charge in [-0.25, -0.2) is 9.48 Å². The summed E-state index contributed by atoms with van der Waals surface area (Å²) < 4.78 is 1.15. The quantitative estimate of drug-likeness (QED) is 0.694. The molecule has 2 rings (SSSR count). The molecule has 0 atom stereocenters. The van der Waals surface area contributed by atoms with Crippen molar-refractivity contribution in [3.63, 3.8) is 0 Å². The molecule has 1 heterocycles. The van der Waals surface area contributed by atoms with Gasteiger partial charge in [0.1, 0.15) is 0 Å². The molecular formula is C10H5Cl2N3O4. The third-order valence-corrected chi connectivity index (χ3v) is 2.75. The van der Waals surface area contributed by atoms with Gasteiger partial charge in [0.2, 0.25) is 0 Å². The number of hydrogen-bond donors (Lipinski definition) is 1. The van der Waals surface area contributed by atoms with Crippen molar-refractivity contribution in [2.75, 3.05) is 0 Å². The van der Waals surface area contributed by atoms with Gasteiger partial charge in [0.15, 0.2) is 0 Å². The van der Waals surface area contributed by atoms with Crippen LogP contribution in [0.2, 0.25) is 10.0 Å². The molecule has 1 aromatic heterocycles. The number of nitro benzene ring substituents is 1. The van der Waals surface area contributed by atoms with Gasteiger partial charge < -0.3 is 5.11 Å². The van der Waals surface area contributed by atoms with Crippen LogP contribution in [0.5, 0.6) is 0 Å². The minimum atomic E-state index is -1.35. The summed E-state index contributed by atoms with van der Waals surface area (Å²) in [6.07, 6.45) is 2.64. The average molecular weight is 302 g/mol. The molecule has 0 spiro atoms. The summed E-state index contributed by atoms with van der Waals surface area (Å²) in [6.45, 7) is 0. The number of aromatic carboxylic acids is 1. The number of rotatable bonds is 3. The zero-order valence-electron chi connectivity index (χ0n) is 9.08. The Bertz CT molecular complexity index is 683. The van der Waals surface area contributed by atoms with Crippen molar-refractivity contribution in [3.05, 3.63) is 50.2 Å². The van der Waals surface area contributed by atoms with Gasteiger partial charge in [-0.15, -0.1) is 0 Å². The van der Waals surface area contributed by atoms with Crippen molar-refractivity contribution in [3.8, 4) is 5.69 Å². The van der Waals surface area contributed by atoms with Crippen molar-refractivity contribution in [2.24, 2.45) is 0 Å². The van der Waals surface area contributed by atoms with Crippen LogP contribution in [0.25, 0.3) is 5.69 Å². The van der Waals surface area contributed by atoms with Gasteiger partial charge in [0.05, 0.1) is 32.4 Å². The van der Waals surface area contributed by atoms with E-state index in [9.17, 15) is 14.9 Å². The Hall–Kier alpha value is -2.12. The van der Waals surface area contributed by atoms with Crippen LogP contribution in [0.3, 0.4) is 0 Å². The Morgan fingerprint density at radius 2 is 2.11 bits per heavy atom. The van der Waals surface area contributed by atoms with E-state index in [1.165, 1.54) is 12.4 Å². The van der Waals surface area contributed by atoms with Gasteiger partial charge in [0, 0.05) is 18.3 Å². The Balaban J connectivity index is 2.72. The summed E-state index contributed by atoms with van der Waals surface area (Å²) in [5, 5.41) is 23.8. The normalized spacial score (nSPS) is 10.4. The summed E-state index contributed by atoms with van der Waals surface area (Å²) in [7, 11) is 0. The van der Waals surface area contributed by atoms with Crippen molar-refractivity contribution in [1.82, 2.24) is 9.78 Å². The fourth-order valence-electron chi connectivity index (χ4n) is 1.51. The summed E-state index contributed by atoms with van der Waals surface area (Å²) in [4.78, 5) is 21.1. The number of hydrogen-bond acceptors (Lipinski definition) is 4. The maximum absolute atomic E-state index is 11.2. The number of halogens is 2. The summed E-state index contributed by atoms with van der Waals surface area (Å²) in [5.74, 6) is -1.35. The molecule has 1 aromatic carbocycles. The first-order valence-corrected chi connectivity index (χ1v) is 5.57.